The average Bonchev–Trinajstić information content (AvgIpc) is 3.21. The summed E-state index contributed by atoms with van der Waals surface area (Å²) in [7, 11) is 3.09. The number of nitrogens with one attached hydrogen (secondary N) is 2. The van der Waals surface area contributed by atoms with Crippen LogP contribution in [0.25, 0.3) is 17.4 Å². The van der Waals surface area contributed by atoms with E-state index >= 15 is 0 Å². The van der Waals surface area contributed by atoms with Gasteiger partial charge in [-0.05, 0) is 60.8 Å². The van der Waals surface area contributed by atoms with Crippen LogP contribution in [0.4, 0.5) is 5.69 Å². The molecular formula is C22H18Cl2N2O4S. The first kappa shape index (κ1) is 22.7. The fourth-order valence-corrected chi connectivity index (χ4v) is 3.40. The molecule has 0 saturated heterocycles. The van der Waals surface area contributed by atoms with Crippen molar-refractivity contribution < 1.29 is 18.7 Å². The van der Waals surface area contributed by atoms with E-state index in [1.807, 2.05) is 0 Å². The highest BCUT2D eigenvalue weighted by atomic mass is 35.5. The molecule has 0 radical (unpaired) electrons. The molecule has 31 heavy (non-hydrogen) atoms. The number of anilines is 1. The smallest absolute Gasteiger partial charge is 0.250 e. The molecule has 0 spiro atoms. The van der Waals surface area contributed by atoms with Crippen LogP contribution >= 0.6 is 35.4 Å². The van der Waals surface area contributed by atoms with Crippen LogP contribution in [0.5, 0.6) is 11.5 Å². The van der Waals surface area contributed by atoms with E-state index in [0.29, 0.717) is 38.8 Å². The number of furan rings is 1. The van der Waals surface area contributed by atoms with Gasteiger partial charge in [-0.1, -0.05) is 23.2 Å². The Morgan fingerprint density at radius 2 is 1.77 bits per heavy atom. The molecule has 1 amide bonds. The number of thiocarbonyl (C=S) groups is 1. The third-order valence-corrected chi connectivity index (χ3v) is 4.71. The molecule has 1 heterocycles. The lowest BCUT2D eigenvalue weighted by molar-refractivity contribution is -0.115. The van der Waals surface area contributed by atoms with Gasteiger partial charge in [0.25, 0.3) is 0 Å². The number of rotatable bonds is 6. The highest BCUT2D eigenvalue weighted by Crippen LogP contribution is 2.30. The summed E-state index contributed by atoms with van der Waals surface area (Å²) in [5, 5.41) is 6.60. The fourth-order valence-electron chi connectivity index (χ4n) is 2.66. The Balaban J connectivity index is 1.61. The monoisotopic (exact) mass is 476 g/mol. The first-order chi connectivity index (χ1) is 14.9. The molecule has 0 bridgehead atoms. The van der Waals surface area contributed by atoms with Crippen LogP contribution in [0.15, 0.2) is 59.0 Å². The minimum atomic E-state index is -0.422. The lowest BCUT2D eigenvalue weighted by atomic mass is 10.2. The van der Waals surface area contributed by atoms with E-state index < -0.39 is 5.91 Å². The molecule has 6 nitrogen and oxygen atoms in total. The molecule has 0 aliphatic rings. The normalized spacial score (nSPS) is 10.7. The van der Waals surface area contributed by atoms with Gasteiger partial charge >= 0.3 is 0 Å². The van der Waals surface area contributed by atoms with E-state index in [2.05, 4.69) is 10.6 Å². The molecule has 3 rings (SSSR count). The molecule has 9 heteroatoms. The van der Waals surface area contributed by atoms with Crippen molar-refractivity contribution in [1.82, 2.24) is 5.32 Å². The van der Waals surface area contributed by atoms with Crippen LogP contribution in [0.3, 0.4) is 0 Å². The standard InChI is InChI=1S/C22H18Cl2N2O4S/c1-28-17-3-6-18(20(12-17)29-2)25-22(31)26-21(27)8-5-16-4-7-19(30-16)13-9-14(23)11-15(24)10-13/h3-12H,1-2H3,(H2,25,26,27,31)/b8-5+. The minimum absolute atomic E-state index is 0.117. The number of hydrogen-bond acceptors (Lipinski definition) is 5. The van der Waals surface area contributed by atoms with Crippen molar-refractivity contribution in [1.29, 1.82) is 0 Å². The van der Waals surface area contributed by atoms with Crippen LogP contribution in [-0.4, -0.2) is 25.2 Å². The van der Waals surface area contributed by atoms with E-state index in [-0.39, 0.29) is 5.11 Å². The summed E-state index contributed by atoms with van der Waals surface area (Å²) in [6.07, 6.45) is 2.84. The van der Waals surface area contributed by atoms with Gasteiger partial charge in [0, 0.05) is 27.8 Å². The third-order valence-electron chi connectivity index (χ3n) is 4.07. The summed E-state index contributed by atoms with van der Waals surface area (Å²) in [4.78, 5) is 12.2. The Labute approximate surface area is 194 Å². The zero-order chi connectivity index (χ0) is 22.4. The summed E-state index contributed by atoms with van der Waals surface area (Å²) in [6, 6.07) is 13.8. The van der Waals surface area contributed by atoms with Gasteiger partial charge in [-0.3, -0.25) is 10.1 Å². The van der Waals surface area contributed by atoms with Crippen LogP contribution in [0.2, 0.25) is 10.0 Å². The Bertz CT molecular complexity index is 1120. The molecular weight excluding hydrogens is 459 g/mol. The molecule has 1 aromatic heterocycles. The molecule has 0 atom stereocenters. The van der Waals surface area contributed by atoms with Gasteiger partial charge < -0.3 is 19.2 Å². The van der Waals surface area contributed by atoms with Crippen molar-refractivity contribution >= 4 is 58.2 Å². The van der Waals surface area contributed by atoms with Crippen LogP contribution in [0, 0.1) is 0 Å². The number of carbonyl (C=O) groups excluding carboxylic acids is 1. The van der Waals surface area contributed by atoms with E-state index in [1.165, 1.54) is 19.3 Å². The first-order valence-corrected chi connectivity index (χ1v) is 10.1. The average molecular weight is 477 g/mol. The number of ether oxygens (including phenoxy) is 2. The second kappa shape index (κ2) is 10.3. The van der Waals surface area contributed by atoms with E-state index in [0.717, 1.165) is 5.56 Å². The SMILES string of the molecule is COc1ccc(NC(=S)NC(=O)/C=C/c2ccc(-c3cc(Cl)cc(Cl)c3)o2)c(OC)c1. The van der Waals surface area contributed by atoms with Crippen molar-refractivity contribution in [2.75, 3.05) is 19.5 Å². The van der Waals surface area contributed by atoms with E-state index in [1.54, 1.807) is 55.6 Å². The first-order valence-electron chi connectivity index (χ1n) is 8.96. The molecule has 0 fully saturated rings. The molecule has 2 N–H and O–H groups in total. The van der Waals surface area contributed by atoms with Gasteiger partial charge in [-0.2, -0.15) is 0 Å². The summed E-state index contributed by atoms with van der Waals surface area (Å²) < 4.78 is 16.2. The molecule has 0 aliphatic heterocycles. The van der Waals surface area contributed by atoms with E-state index in [4.69, 9.17) is 49.3 Å². The second-order valence-corrected chi connectivity index (χ2v) is 7.48. The van der Waals surface area contributed by atoms with Gasteiger partial charge in [0.2, 0.25) is 5.91 Å². The van der Waals surface area contributed by atoms with Crippen LogP contribution in [-0.2, 0) is 4.79 Å². The highest BCUT2D eigenvalue weighted by molar-refractivity contribution is 7.80. The quantitative estimate of drug-likeness (QED) is 0.346. The summed E-state index contributed by atoms with van der Waals surface area (Å²) in [5.74, 6) is 1.80. The van der Waals surface area contributed by atoms with Crippen molar-refractivity contribution in [3.63, 3.8) is 0 Å². The second-order valence-electron chi connectivity index (χ2n) is 6.20. The summed E-state index contributed by atoms with van der Waals surface area (Å²) in [5.41, 5.74) is 1.33. The van der Waals surface area contributed by atoms with Gasteiger partial charge in [-0.15, -0.1) is 0 Å². The number of hydrogen-bond donors (Lipinski definition) is 2. The van der Waals surface area contributed by atoms with Crippen molar-refractivity contribution in [2.24, 2.45) is 0 Å². The zero-order valence-corrected chi connectivity index (χ0v) is 18.9. The molecule has 2 aromatic carbocycles. The van der Waals surface area contributed by atoms with Crippen molar-refractivity contribution in [3.8, 4) is 22.8 Å². The van der Waals surface area contributed by atoms with Gasteiger partial charge in [0.15, 0.2) is 5.11 Å². The Morgan fingerprint density at radius 3 is 2.45 bits per heavy atom. The van der Waals surface area contributed by atoms with Gasteiger partial charge in [0.1, 0.15) is 23.0 Å². The van der Waals surface area contributed by atoms with Crippen molar-refractivity contribution in [2.45, 2.75) is 0 Å². The molecule has 3 aromatic rings. The van der Waals surface area contributed by atoms with Crippen LogP contribution in [0.1, 0.15) is 5.76 Å². The Morgan fingerprint density at radius 1 is 1.03 bits per heavy atom. The predicted octanol–water partition coefficient (Wildman–Crippen LogP) is 5.80. The van der Waals surface area contributed by atoms with E-state index in [9.17, 15) is 4.79 Å². The fraction of sp³-hybridized carbons (Fsp3) is 0.0909. The molecule has 160 valence electrons. The van der Waals surface area contributed by atoms with Gasteiger partial charge in [0.05, 0.1) is 19.9 Å². The lowest BCUT2D eigenvalue weighted by Crippen LogP contribution is -2.32. The Kier molecular flexibility index (Phi) is 7.57. The largest absolute Gasteiger partial charge is 0.497 e. The third kappa shape index (κ3) is 6.24. The predicted molar refractivity (Wildman–Crippen MR) is 127 cm³/mol. The topological polar surface area (TPSA) is 72.7 Å². The maximum Gasteiger partial charge on any atom is 0.250 e. The zero-order valence-electron chi connectivity index (χ0n) is 16.6. The summed E-state index contributed by atoms with van der Waals surface area (Å²) >= 11 is 17.2. The number of halogens is 2. The summed E-state index contributed by atoms with van der Waals surface area (Å²) in [6.45, 7) is 0. The maximum absolute atomic E-state index is 12.2. The van der Waals surface area contributed by atoms with Gasteiger partial charge in [-0.25, -0.2) is 0 Å². The van der Waals surface area contributed by atoms with Crippen molar-refractivity contribution in [3.05, 3.63) is 70.4 Å². The minimum Gasteiger partial charge on any atom is -0.497 e. The highest BCUT2D eigenvalue weighted by Gasteiger charge is 2.09. The van der Waals surface area contributed by atoms with Crippen LogP contribution < -0.4 is 20.1 Å². The number of carbonyl (C=O) groups is 1. The lowest BCUT2D eigenvalue weighted by Gasteiger charge is -2.13. The molecule has 0 unspecified atom stereocenters. The maximum atomic E-state index is 12.2. The Hall–Kier alpha value is -3.00. The number of methoxy groups -OCH3 is 2. The number of amides is 1. The molecule has 0 aliphatic carbocycles. The number of benzene rings is 2. The molecule has 0 saturated carbocycles.